The third kappa shape index (κ3) is 4.31. The molecular formula is C21H18N6O6. The largest absolute Gasteiger partial charge is 0.502 e. The third-order valence-corrected chi connectivity index (χ3v) is 5.12. The van der Waals surface area contributed by atoms with Crippen LogP contribution in [-0.2, 0) is 6.42 Å². The lowest BCUT2D eigenvalue weighted by atomic mass is 10.0. The first-order valence-corrected chi connectivity index (χ1v) is 10.1. The van der Waals surface area contributed by atoms with Gasteiger partial charge in [0.15, 0.2) is 0 Å². The summed E-state index contributed by atoms with van der Waals surface area (Å²) in [5, 5.41) is 39.0. The van der Waals surface area contributed by atoms with Gasteiger partial charge in [-0.3, -0.25) is 14.9 Å². The lowest BCUT2D eigenvalue weighted by Crippen LogP contribution is -2.21. The number of nitro benzene ring substituents is 1. The van der Waals surface area contributed by atoms with Gasteiger partial charge >= 0.3 is 11.3 Å². The zero-order valence-corrected chi connectivity index (χ0v) is 17.4. The summed E-state index contributed by atoms with van der Waals surface area (Å²) in [7, 11) is 0. The van der Waals surface area contributed by atoms with Crippen molar-refractivity contribution in [3.05, 3.63) is 73.6 Å². The van der Waals surface area contributed by atoms with Crippen molar-refractivity contribution in [2.24, 2.45) is 20.7 Å². The number of rotatable bonds is 7. The lowest BCUT2D eigenvalue weighted by Gasteiger charge is -2.10. The molecule has 0 spiro atoms. The molecule has 0 fully saturated rings. The van der Waals surface area contributed by atoms with E-state index in [4.69, 9.17) is 4.42 Å². The van der Waals surface area contributed by atoms with Gasteiger partial charge in [0.05, 0.1) is 4.92 Å². The topological polar surface area (TPSA) is 172 Å². The number of benzene rings is 2. The van der Waals surface area contributed by atoms with Crippen LogP contribution in [0.2, 0.25) is 0 Å². The molecule has 0 aliphatic carbocycles. The molecule has 3 aromatic rings. The zero-order chi connectivity index (χ0) is 23.5. The molecule has 1 aromatic heterocycles. The molecule has 0 radical (unpaired) electrons. The molecule has 1 amide bonds. The number of carbonyl (C=O) groups excluding carboxylic acids is 1. The van der Waals surface area contributed by atoms with E-state index < -0.39 is 34.1 Å². The summed E-state index contributed by atoms with van der Waals surface area (Å²) in [5.41, 5.74) is -0.462. The van der Waals surface area contributed by atoms with E-state index >= 15 is 0 Å². The lowest BCUT2D eigenvalue weighted by molar-refractivity contribution is -0.385. The smallest absolute Gasteiger partial charge is 0.349 e. The van der Waals surface area contributed by atoms with Crippen molar-refractivity contribution in [2.45, 2.75) is 32.4 Å². The number of phenolic OH excluding ortho intramolecular Hbond substituents is 1. The van der Waals surface area contributed by atoms with Gasteiger partial charge < -0.3 is 14.8 Å². The molecule has 2 aromatic carbocycles. The number of phenols is 1. The van der Waals surface area contributed by atoms with Crippen molar-refractivity contribution in [1.29, 1.82) is 0 Å². The maximum Gasteiger partial charge on any atom is 0.349 e. The fourth-order valence-corrected chi connectivity index (χ4v) is 3.43. The van der Waals surface area contributed by atoms with E-state index in [0.717, 1.165) is 18.1 Å². The molecule has 0 saturated heterocycles. The maximum atomic E-state index is 12.7. The molecule has 0 atom stereocenters. The Labute approximate surface area is 185 Å². The van der Waals surface area contributed by atoms with Gasteiger partial charge in [-0.15, -0.1) is 10.2 Å². The predicted octanol–water partition coefficient (Wildman–Crippen LogP) is 4.83. The molecule has 0 unspecified atom stereocenters. The highest BCUT2D eigenvalue weighted by atomic mass is 16.6. The van der Waals surface area contributed by atoms with Crippen molar-refractivity contribution in [3.63, 3.8) is 0 Å². The number of hydrogen-bond donors (Lipinski definition) is 2. The number of fused-ring (bicyclic) bond motifs is 1. The Bertz CT molecular complexity index is 1350. The number of anilines is 1. The quantitative estimate of drug-likeness (QED) is 0.296. The van der Waals surface area contributed by atoms with Crippen LogP contribution in [0.5, 0.6) is 5.75 Å². The van der Waals surface area contributed by atoms with Crippen molar-refractivity contribution < 1.29 is 19.2 Å². The Kier molecular flexibility index (Phi) is 5.89. The van der Waals surface area contributed by atoms with Crippen LogP contribution in [0.4, 0.5) is 11.4 Å². The van der Waals surface area contributed by atoms with E-state index in [1.54, 1.807) is 24.3 Å². The normalized spacial score (nSPS) is 13.0. The summed E-state index contributed by atoms with van der Waals surface area (Å²) in [6.07, 6.45) is 1.13. The Hall–Kier alpha value is -4.48. The first kappa shape index (κ1) is 21.7. The SMILES string of the molecule is CCCCc1c(O)c([N+](=O)[O-])cc2cc(C(=O)Nc3ccc(C4N=NN=N4)cc3)c(=O)oc12. The molecule has 12 heteroatoms. The second-order valence-electron chi connectivity index (χ2n) is 7.31. The minimum atomic E-state index is -0.922. The van der Waals surface area contributed by atoms with Crippen LogP contribution in [0.25, 0.3) is 11.0 Å². The van der Waals surface area contributed by atoms with E-state index in [0.29, 0.717) is 12.1 Å². The molecular weight excluding hydrogens is 432 g/mol. The van der Waals surface area contributed by atoms with Gasteiger partial charge in [0.1, 0.15) is 11.1 Å². The summed E-state index contributed by atoms with van der Waals surface area (Å²) in [6.45, 7) is 1.92. The molecule has 1 aliphatic rings. The van der Waals surface area contributed by atoms with Gasteiger partial charge in [-0.05, 0) is 41.5 Å². The third-order valence-electron chi connectivity index (χ3n) is 5.12. The first-order chi connectivity index (χ1) is 15.9. The molecule has 1 aliphatic heterocycles. The van der Waals surface area contributed by atoms with Gasteiger partial charge in [-0.1, -0.05) is 25.5 Å². The van der Waals surface area contributed by atoms with Crippen molar-refractivity contribution in [3.8, 4) is 5.75 Å². The summed E-state index contributed by atoms with van der Waals surface area (Å²) in [6, 6.07) is 8.87. The summed E-state index contributed by atoms with van der Waals surface area (Å²) in [4.78, 5) is 36.0. The molecule has 2 heterocycles. The molecule has 0 saturated carbocycles. The Balaban J connectivity index is 1.67. The van der Waals surface area contributed by atoms with Gasteiger partial charge in [0, 0.05) is 28.3 Å². The minimum absolute atomic E-state index is 0.0253. The van der Waals surface area contributed by atoms with Gasteiger partial charge in [-0.25, -0.2) is 4.79 Å². The number of carbonyl (C=O) groups is 1. The number of nitrogens with zero attached hydrogens (tertiary/aromatic N) is 5. The summed E-state index contributed by atoms with van der Waals surface area (Å²) < 4.78 is 5.34. The van der Waals surface area contributed by atoms with Crippen molar-refractivity contribution in [2.75, 3.05) is 5.32 Å². The van der Waals surface area contributed by atoms with Crippen LogP contribution in [0.3, 0.4) is 0 Å². The highest BCUT2D eigenvalue weighted by molar-refractivity contribution is 6.05. The number of unbranched alkanes of at least 4 members (excludes halogenated alkanes) is 1. The summed E-state index contributed by atoms with van der Waals surface area (Å²) >= 11 is 0. The first-order valence-electron chi connectivity index (χ1n) is 10.1. The van der Waals surface area contributed by atoms with Crippen LogP contribution >= 0.6 is 0 Å². The average Bonchev–Trinajstić information content (AvgIpc) is 3.33. The van der Waals surface area contributed by atoms with E-state index in [2.05, 4.69) is 26.0 Å². The average molecular weight is 450 g/mol. The molecule has 168 valence electrons. The Morgan fingerprint density at radius 1 is 1.21 bits per heavy atom. The number of nitro groups is 1. The molecule has 33 heavy (non-hydrogen) atoms. The molecule has 2 N–H and O–H groups in total. The number of aryl methyl sites for hydroxylation is 1. The van der Waals surface area contributed by atoms with Crippen LogP contribution in [0, 0.1) is 10.1 Å². The van der Waals surface area contributed by atoms with E-state index in [1.165, 1.54) is 6.07 Å². The second-order valence-corrected chi connectivity index (χ2v) is 7.31. The van der Waals surface area contributed by atoms with Gasteiger partial charge in [0.25, 0.3) is 5.91 Å². The number of nitrogens with one attached hydrogen (secondary N) is 1. The fourth-order valence-electron chi connectivity index (χ4n) is 3.43. The Morgan fingerprint density at radius 3 is 2.55 bits per heavy atom. The van der Waals surface area contributed by atoms with Crippen molar-refractivity contribution in [1.82, 2.24) is 0 Å². The summed E-state index contributed by atoms with van der Waals surface area (Å²) in [5.74, 6) is -1.28. The minimum Gasteiger partial charge on any atom is -0.502 e. The molecule has 0 bridgehead atoms. The predicted molar refractivity (Wildman–Crippen MR) is 116 cm³/mol. The van der Waals surface area contributed by atoms with E-state index in [-0.39, 0.29) is 28.5 Å². The zero-order valence-electron chi connectivity index (χ0n) is 17.4. The van der Waals surface area contributed by atoms with Crippen LogP contribution in [0.15, 0.2) is 66.3 Å². The second kappa shape index (κ2) is 8.94. The number of amides is 1. The van der Waals surface area contributed by atoms with E-state index in [1.807, 2.05) is 6.92 Å². The van der Waals surface area contributed by atoms with E-state index in [9.17, 15) is 24.8 Å². The molecule has 4 rings (SSSR count). The number of aromatic hydroxyl groups is 1. The monoisotopic (exact) mass is 450 g/mol. The van der Waals surface area contributed by atoms with Crippen LogP contribution in [-0.4, -0.2) is 15.9 Å². The Morgan fingerprint density at radius 2 is 1.91 bits per heavy atom. The van der Waals surface area contributed by atoms with Crippen LogP contribution in [0.1, 0.15) is 47.4 Å². The standard InChI is InChI=1S/C21H18N6O6/c1-2-3-4-14-17(28)16(27(31)32)10-12-9-15(21(30)33-18(12)14)20(29)22-13-7-5-11(6-8-13)19-23-25-26-24-19/h5-10,19,28H,2-4H2,1H3,(H,22,29). The number of hydrogen-bond acceptors (Lipinski definition) is 10. The highest BCUT2D eigenvalue weighted by Crippen LogP contribution is 2.37. The fraction of sp³-hybridized carbons (Fsp3) is 0.238. The van der Waals surface area contributed by atoms with Crippen LogP contribution < -0.4 is 10.9 Å². The van der Waals surface area contributed by atoms with Crippen molar-refractivity contribution >= 4 is 28.3 Å². The van der Waals surface area contributed by atoms with Gasteiger partial charge in [-0.2, -0.15) is 0 Å². The highest BCUT2D eigenvalue weighted by Gasteiger charge is 2.24. The van der Waals surface area contributed by atoms with Gasteiger partial charge in [0.2, 0.25) is 11.9 Å². The maximum absolute atomic E-state index is 12.7. The molecule has 12 nitrogen and oxygen atoms in total.